The zero-order chi connectivity index (χ0) is 23.4. The minimum Gasteiger partial charge on any atom is -0.508 e. The number of aromatic hydroxyl groups is 1. The fraction of sp³-hybridized carbons (Fsp3) is 0.167. The van der Waals surface area contributed by atoms with Crippen LogP contribution in [0.5, 0.6) is 17.2 Å². The van der Waals surface area contributed by atoms with E-state index in [1.165, 1.54) is 42.5 Å². The molecule has 1 atom stereocenters. The monoisotopic (exact) mass is 439 g/mol. The molecule has 0 saturated carbocycles. The van der Waals surface area contributed by atoms with Crippen molar-refractivity contribution in [3.05, 3.63) is 82.7 Å². The van der Waals surface area contributed by atoms with Crippen LogP contribution in [0.15, 0.2) is 54.6 Å². The number of phenolic OH excluding ortho intramolecular Hbond substituents is 1. The number of nitrogens with one attached hydrogen (secondary N) is 1. The maximum absolute atomic E-state index is 13.2. The first kappa shape index (κ1) is 22.8. The quantitative estimate of drug-likeness (QED) is 0.405. The highest BCUT2D eigenvalue weighted by Gasteiger charge is 2.17. The van der Waals surface area contributed by atoms with Crippen LogP contribution in [-0.2, 0) is 9.59 Å². The second kappa shape index (κ2) is 9.49. The predicted molar refractivity (Wildman–Crippen MR) is 115 cm³/mol. The van der Waals surface area contributed by atoms with E-state index in [4.69, 9.17) is 9.84 Å². The number of ether oxygens (including phenoxy) is 1. The third-order valence-electron chi connectivity index (χ3n) is 4.76. The number of aryl methyl sites for hydroxylation is 2. The molecule has 0 fully saturated rings. The van der Waals surface area contributed by atoms with Crippen molar-refractivity contribution >= 4 is 17.6 Å². The number of hydrogen-bond donors (Lipinski definition) is 4. The molecule has 3 aromatic rings. The summed E-state index contributed by atoms with van der Waals surface area (Å²) in [7, 11) is 0. The number of hydrogen-bond acceptors (Lipinski definition) is 5. The minimum absolute atomic E-state index is 0.140. The van der Waals surface area contributed by atoms with Crippen LogP contribution in [0.2, 0.25) is 0 Å². The summed E-state index contributed by atoms with van der Waals surface area (Å²) in [5, 5.41) is 32.1. The van der Waals surface area contributed by atoms with Gasteiger partial charge < -0.3 is 25.4 Å². The fourth-order valence-electron chi connectivity index (χ4n) is 3.28. The van der Waals surface area contributed by atoms with Crippen molar-refractivity contribution in [2.45, 2.75) is 26.4 Å². The lowest BCUT2D eigenvalue weighted by molar-refractivity contribution is -0.139. The zero-order valence-corrected chi connectivity index (χ0v) is 17.4. The van der Waals surface area contributed by atoms with Gasteiger partial charge in [0.1, 0.15) is 35.6 Å². The van der Waals surface area contributed by atoms with Gasteiger partial charge in [0, 0.05) is 11.3 Å². The number of carboxylic acid groups (broad SMARTS) is 1. The third-order valence-corrected chi connectivity index (χ3v) is 4.76. The van der Waals surface area contributed by atoms with Crippen molar-refractivity contribution in [2.24, 2.45) is 0 Å². The second-order valence-electron chi connectivity index (χ2n) is 7.33. The molecule has 0 aliphatic heterocycles. The molecular weight excluding hydrogens is 417 g/mol. The summed E-state index contributed by atoms with van der Waals surface area (Å²) in [6.07, 6.45) is -1.82. The summed E-state index contributed by atoms with van der Waals surface area (Å²) in [5.74, 6) is -1.57. The Balaban J connectivity index is 1.84. The van der Waals surface area contributed by atoms with Crippen LogP contribution in [0, 0.1) is 19.7 Å². The molecule has 3 rings (SSSR count). The van der Waals surface area contributed by atoms with Gasteiger partial charge in [-0.15, -0.1) is 0 Å². The molecule has 4 N–H and O–H groups in total. The van der Waals surface area contributed by atoms with E-state index in [1.807, 2.05) is 0 Å². The number of aliphatic hydroxyl groups excluding tert-OH is 1. The molecular formula is C24H22FNO6. The summed E-state index contributed by atoms with van der Waals surface area (Å²) >= 11 is 0. The van der Waals surface area contributed by atoms with Gasteiger partial charge in [0.05, 0.1) is 0 Å². The molecule has 0 radical (unpaired) electrons. The lowest BCUT2D eigenvalue weighted by atomic mass is 10.0. The SMILES string of the molecule is Cc1cc(NC(=O)CC(=O)O)cc(C)c1Oc1ccc(O)c(C(O)c2ccc(F)cc2)c1. The summed E-state index contributed by atoms with van der Waals surface area (Å²) < 4.78 is 19.1. The van der Waals surface area contributed by atoms with Crippen LogP contribution in [0.4, 0.5) is 10.1 Å². The molecule has 0 aliphatic rings. The minimum atomic E-state index is -1.22. The Hall–Kier alpha value is -3.91. The zero-order valence-electron chi connectivity index (χ0n) is 17.4. The Morgan fingerprint density at radius 1 is 1.03 bits per heavy atom. The number of carboxylic acids is 1. The highest BCUT2D eigenvalue weighted by Crippen LogP contribution is 2.36. The molecule has 8 heteroatoms. The Morgan fingerprint density at radius 2 is 1.66 bits per heavy atom. The molecule has 0 bridgehead atoms. The molecule has 0 spiro atoms. The van der Waals surface area contributed by atoms with Crippen molar-refractivity contribution in [1.29, 1.82) is 0 Å². The molecule has 32 heavy (non-hydrogen) atoms. The van der Waals surface area contributed by atoms with Crippen molar-refractivity contribution in [3.63, 3.8) is 0 Å². The number of benzene rings is 3. The van der Waals surface area contributed by atoms with E-state index in [0.29, 0.717) is 33.9 Å². The molecule has 1 unspecified atom stereocenters. The van der Waals surface area contributed by atoms with Gasteiger partial charge in [-0.25, -0.2) is 4.39 Å². The number of anilines is 1. The van der Waals surface area contributed by atoms with Crippen LogP contribution in [-0.4, -0.2) is 27.2 Å². The largest absolute Gasteiger partial charge is 0.508 e. The lowest BCUT2D eigenvalue weighted by Gasteiger charge is -2.17. The average molecular weight is 439 g/mol. The highest BCUT2D eigenvalue weighted by molar-refractivity contribution is 6.01. The fourth-order valence-corrected chi connectivity index (χ4v) is 3.28. The van der Waals surface area contributed by atoms with Crippen molar-refractivity contribution < 1.29 is 34.0 Å². The number of amides is 1. The summed E-state index contributed by atoms with van der Waals surface area (Å²) in [4.78, 5) is 22.4. The van der Waals surface area contributed by atoms with Crippen LogP contribution in [0.1, 0.15) is 34.8 Å². The lowest BCUT2D eigenvalue weighted by Crippen LogP contribution is -2.16. The first-order valence-electron chi connectivity index (χ1n) is 9.71. The Morgan fingerprint density at radius 3 is 2.25 bits per heavy atom. The summed E-state index contributed by atoms with van der Waals surface area (Å²) in [6.45, 7) is 3.54. The van der Waals surface area contributed by atoms with E-state index in [-0.39, 0.29) is 11.3 Å². The molecule has 0 saturated heterocycles. The van der Waals surface area contributed by atoms with Gasteiger partial charge in [0.25, 0.3) is 0 Å². The second-order valence-corrected chi connectivity index (χ2v) is 7.33. The summed E-state index contributed by atoms with van der Waals surface area (Å²) in [6, 6.07) is 13.0. The number of aliphatic hydroxyl groups is 1. The van der Waals surface area contributed by atoms with Crippen LogP contribution >= 0.6 is 0 Å². The van der Waals surface area contributed by atoms with Crippen molar-refractivity contribution in [3.8, 4) is 17.2 Å². The highest BCUT2D eigenvalue weighted by atomic mass is 19.1. The maximum atomic E-state index is 13.2. The number of aliphatic carboxylic acids is 1. The van der Waals surface area contributed by atoms with Gasteiger partial charge >= 0.3 is 5.97 Å². The van der Waals surface area contributed by atoms with E-state index >= 15 is 0 Å². The number of carbonyl (C=O) groups is 2. The Bertz CT molecular complexity index is 1140. The van der Waals surface area contributed by atoms with E-state index in [2.05, 4.69) is 5.32 Å². The molecule has 1 amide bonds. The average Bonchev–Trinajstić information content (AvgIpc) is 2.71. The normalized spacial score (nSPS) is 11.6. The first-order valence-corrected chi connectivity index (χ1v) is 9.71. The van der Waals surface area contributed by atoms with E-state index in [1.54, 1.807) is 26.0 Å². The molecule has 3 aromatic carbocycles. The van der Waals surface area contributed by atoms with Gasteiger partial charge in [-0.3, -0.25) is 9.59 Å². The van der Waals surface area contributed by atoms with Gasteiger partial charge in [0.15, 0.2) is 0 Å². The van der Waals surface area contributed by atoms with E-state index < -0.39 is 30.2 Å². The number of carbonyl (C=O) groups excluding carboxylic acids is 1. The summed E-state index contributed by atoms with van der Waals surface area (Å²) in [5.41, 5.74) is 2.42. The van der Waals surface area contributed by atoms with Crippen LogP contribution < -0.4 is 10.1 Å². The van der Waals surface area contributed by atoms with E-state index in [9.17, 15) is 24.2 Å². The van der Waals surface area contributed by atoms with Gasteiger partial charge in [-0.05, 0) is 73.0 Å². The third kappa shape index (κ3) is 5.41. The van der Waals surface area contributed by atoms with Crippen LogP contribution in [0.25, 0.3) is 0 Å². The smallest absolute Gasteiger partial charge is 0.312 e. The molecule has 0 aromatic heterocycles. The Kier molecular flexibility index (Phi) is 6.75. The Labute approximate surface area is 183 Å². The standard InChI is InChI=1S/C24H22FNO6/c1-13-9-17(26-21(28)12-22(29)30)10-14(2)24(13)32-18-7-8-20(27)19(11-18)23(31)15-3-5-16(25)6-4-15/h3-11,23,27,31H,12H2,1-2H3,(H,26,28)(H,29,30). The maximum Gasteiger partial charge on any atom is 0.312 e. The molecule has 0 heterocycles. The van der Waals surface area contributed by atoms with Gasteiger partial charge in [-0.1, -0.05) is 12.1 Å². The van der Waals surface area contributed by atoms with Crippen molar-refractivity contribution in [2.75, 3.05) is 5.32 Å². The first-order chi connectivity index (χ1) is 15.1. The number of rotatable bonds is 7. The predicted octanol–water partition coefficient (Wildman–Crippen LogP) is 4.44. The molecule has 7 nitrogen and oxygen atoms in total. The number of phenols is 1. The van der Waals surface area contributed by atoms with E-state index in [0.717, 1.165) is 0 Å². The molecule has 166 valence electrons. The van der Waals surface area contributed by atoms with Crippen molar-refractivity contribution in [1.82, 2.24) is 0 Å². The molecule has 0 aliphatic carbocycles. The van der Waals surface area contributed by atoms with Gasteiger partial charge in [0.2, 0.25) is 5.91 Å². The van der Waals surface area contributed by atoms with Gasteiger partial charge in [-0.2, -0.15) is 0 Å². The number of halogens is 1. The van der Waals surface area contributed by atoms with Crippen LogP contribution in [0.3, 0.4) is 0 Å². The topological polar surface area (TPSA) is 116 Å².